The lowest BCUT2D eigenvalue weighted by Crippen LogP contribution is -2.15. The lowest BCUT2D eigenvalue weighted by atomic mass is 9.97. The van der Waals surface area contributed by atoms with Crippen LogP contribution in [-0.4, -0.2) is 16.0 Å². The molecule has 6 nitrogen and oxygen atoms in total. The summed E-state index contributed by atoms with van der Waals surface area (Å²) in [7, 11) is 0. The van der Waals surface area contributed by atoms with Crippen molar-refractivity contribution in [2.24, 2.45) is 5.73 Å². The van der Waals surface area contributed by atoms with Gasteiger partial charge in [0.05, 0.1) is 17.8 Å². The molecule has 0 aliphatic rings. The number of benzene rings is 1. The van der Waals surface area contributed by atoms with Crippen LogP contribution in [0.5, 0.6) is 0 Å². The van der Waals surface area contributed by atoms with Gasteiger partial charge in [-0.25, -0.2) is 8.78 Å². The number of anilines is 1. The maximum Gasteiger partial charge on any atom is 0.251 e. The van der Waals surface area contributed by atoms with Crippen LogP contribution < -0.4 is 11.1 Å². The fourth-order valence-corrected chi connectivity index (χ4v) is 1.68. The molecule has 1 heterocycles. The van der Waals surface area contributed by atoms with E-state index in [0.717, 1.165) is 6.07 Å². The van der Waals surface area contributed by atoms with Crippen LogP contribution in [0.15, 0.2) is 16.7 Å². The van der Waals surface area contributed by atoms with Crippen LogP contribution in [0, 0.1) is 11.6 Å². The van der Waals surface area contributed by atoms with Gasteiger partial charge < -0.3 is 15.6 Å². The van der Waals surface area contributed by atoms with Crippen molar-refractivity contribution in [2.75, 3.05) is 5.32 Å². The number of rotatable bonds is 4. The molecule has 8 heteroatoms. The van der Waals surface area contributed by atoms with E-state index in [1.807, 2.05) is 20.8 Å². The summed E-state index contributed by atoms with van der Waals surface area (Å²) in [6.07, 6.45) is 0. The van der Waals surface area contributed by atoms with Gasteiger partial charge in [0, 0.05) is 11.5 Å². The highest BCUT2D eigenvalue weighted by Gasteiger charge is 2.22. The molecule has 0 saturated heterocycles. The highest BCUT2D eigenvalue weighted by atomic mass is 19.1. The van der Waals surface area contributed by atoms with Gasteiger partial charge in [-0.1, -0.05) is 25.9 Å². The van der Waals surface area contributed by atoms with Crippen molar-refractivity contribution in [3.05, 3.63) is 41.0 Å². The Labute approximate surface area is 125 Å². The molecule has 2 rings (SSSR count). The highest BCUT2D eigenvalue weighted by Crippen LogP contribution is 2.22. The number of nitrogens with two attached hydrogens (primary N) is 1. The predicted molar refractivity (Wildman–Crippen MR) is 75.2 cm³/mol. The fraction of sp³-hybridized carbons (Fsp3) is 0.357. The van der Waals surface area contributed by atoms with Gasteiger partial charge in [0.2, 0.25) is 5.89 Å². The number of carbonyl (C=O) groups is 1. The number of hydrogen-bond donors (Lipinski definition) is 2. The molecule has 0 fully saturated rings. The summed E-state index contributed by atoms with van der Waals surface area (Å²) in [5.41, 5.74) is 4.26. The molecule has 2 aromatic rings. The molecular weight excluding hydrogens is 294 g/mol. The molecule has 118 valence electrons. The Kier molecular flexibility index (Phi) is 4.11. The van der Waals surface area contributed by atoms with Crippen molar-refractivity contribution < 1.29 is 18.1 Å². The van der Waals surface area contributed by atoms with E-state index in [4.69, 9.17) is 10.3 Å². The third-order valence-electron chi connectivity index (χ3n) is 2.87. The Hall–Kier alpha value is -2.51. The normalized spacial score (nSPS) is 11.5. The SMILES string of the molecule is CC(C)(C)c1nc(CNc2cc(C(N)=O)c(F)cc2F)no1. The van der Waals surface area contributed by atoms with E-state index in [1.165, 1.54) is 0 Å². The lowest BCUT2D eigenvalue weighted by Gasteiger charge is -2.10. The highest BCUT2D eigenvalue weighted by molar-refractivity contribution is 5.94. The molecule has 0 saturated carbocycles. The molecule has 3 N–H and O–H groups in total. The van der Waals surface area contributed by atoms with Crippen molar-refractivity contribution in [1.82, 2.24) is 10.1 Å². The molecule has 0 aliphatic carbocycles. The van der Waals surface area contributed by atoms with E-state index in [0.29, 0.717) is 17.8 Å². The molecule has 0 bridgehead atoms. The van der Waals surface area contributed by atoms with Gasteiger partial charge in [0.15, 0.2) is 5.82 Å². The molecule has 0 aliphatic heterocycles. The van der Waals surface area contributed by atoms with E-state index in [1.54, 1.807) is 0 Å². The van der Waals surface area contributed by atoms with Crippen molar-refractivity contribution in [1.29, 1.82) is 0 Å². The summed E-state index contributed by atoms with van der Waals surface area (Å²) in [6.45, 7) is 5.80. The van der Waals surface area contributed by atoms with Crippen LogP contribution in [0.1, 0.15) is 42.8 Å². The van der Waals surface area contributed by atoms with Crippen molar-refractivity contribution in [2.45, 2.75) is 32.7 Å². The summed E-state index contributed by atoms with van der Waals surface area (Å²) in [5, 5.41) is 6.45. The third-order valence-corrected chi connectivity index (χ3v) is 2.87. The standard InChI is InChI=1S/C14H16F2N4O2/c1-14(2,3)13-19-11(20-22-13)6-18-10-4-7(12(17)21)8(15)5-9(10)16/h4-5,18H,6H2,1-3H3,(H2,17,21). The number of primary amides is 1. The molecule has 0 atom stereocenters. The summed E-state index contributed by atoms with van der Waals surface area (Å²) < 4.78 is 32.1. The smallest absolute Gasteiger partial charge is 0.251 e. The maximum atomic E-state index is 13.7. The quantitative estimate of drug-likeness (QED) is 0.904. The van der Waals surface area contributed by atoms with Gasteiger partial charge in [-0.05, 0) is 6.07 Å². The Morgan fingerprint density at radius 1 is 1.32 bits per heavy atom. The Morgan fingerprint density at radius 2 is 2.00 bits per heavy atom. The number of hydrogen-bond acceptors (Lipinski definition) is 5. The largest absolute Gasteiger partial charge is 0.375 e. The van der Waals surface area contributed by atoms with Crippen molar-refractivity contribution in [3.63, 3.8) is 0 Å². The first kappa shape index (κ1) is 15.9. The van der Waals surface area contributed by atoms with Crippen molar-refractivity contribution >= 4 is 11.6 Å². The molecule has 22 heavy (non-hydrogen) atoms. The first-order chi connectivity index (χ1) is 10.2. The van der Waals surface area contributed by atoms with Gasteiger partial charge in [-0.2, -0.15) is 4.98 Å². The van der Waals surface area contributed by atoms with Crippen LogP contribution in [0.2, 0.25) is 0 Å². The summed E-state index contributed by atoms with van der Waals surface area (Å²) in [6, 6.07) is 1.61. The Bertz CT molecular complexity index is 707. The van der Waals surface area contributed by atoms with Crippen molar-refractivity contribution in [3.8, 4) is 0 Å². The molecule has 1 aromatic heterocycles. The number of aromatic nitrogens is 2. The minimum Gasteiger partial charge on any atom is -0.375 e. The van der Waals surface area contributed by atoms with E-state index in [2.05, 4.69) is 15.5 Å². The Morgan fingerprint density at radius 3 is 2.55 bits per heavy atom. The van der Waals surface area contributed by atoms with E-state index < -0.39 is 23.1 Å². The van der Waals surface area contributed by atoms with Crippen LogP contribution >= 0.6 is 0 Å². The number of amides is 1. The topological polar surface area (TPSA) is 94.0 Å². The number of nitrogens with zero attached hydrogens (tertiary/aromatic N) is 2. The number of halogens is 2. The number of carbonyl (C=O) groups excluding carboxylic acids is 1. The maximum absolute atomic E-state index is 13.7. The molecule has 0 radical (unpaired) electrons. The molecular formula is C14H16F2N4O2. The summed E-state index contributed by atoms with van der Waals surface area (Å²) in [5.74, 6) is -2.07. The van der Waals surface area contributed by atoms with E-state index in [-0.39, 0.29) is 17.6 Å². The minimum atomic E-state index is -1.01. The molecule has 1 aromatic carbocycles. The monoisotopic (exact) mass is 310 g/mol. The Balaban J connectivity index is 2.16. The summed E-state index contributed by atoms with van der Waals surface area (Å²) in [4.78, 5) is 15.2. The zero-order valence-electron chi connectivity index (χ0n) is 12.4. The second-order valence-corrected chi connectivity index (χ2v) is 5.80. The molecule has 0 unspecified atom stereocenters. The number of nitrogens with one attached hydrogen (secondary N) is 1. The first-order valence-corrected chi connectivity index (χ1v) is 6.54. The lowest BCUT2D eigenvalue weighted by molar-refractivity contribution is 0.0996. The zero-order valence-corrected chi connectivity index (χ0v) is 12.4. The van der Waals surface area contributed by atoms with Gasteiger partial charge in [-0.3, -0.25) is 4.79 Å². The van der Waals surface area contributed by atoms with Crippen LogP contribution in [0.4, 0.5) is 14.5 Å². The van der Waals surface area contributed by atoms with Gasteiger partial charge in [-0.15, -0.1) is 0 Å². The average molecular weight is 310 g/mol. The summed E-state index contributed by atoms with van der Waals surface area (Å²) >= 11 is 0. The van der Waals surface area contributed by atoms with Gasteiger partial charge in [0.1, 0.15) is 11.6 Å². The molecule has 0 spiro atoms. The predicted octanol–water partition coefficient (Wildman–Crippen LogP) is 2.36. The third kappa shape index (κ3) is 3.38. The second-order valence-electron chi connectivity index (χ2n) is 5.80. The fourth-order valence-electron chi connectivity index (χ4n) is 1.68. The van der Waals surface area contributed by atoms with Crippen LogP contribution in [0.3, 0.4) is 0 Å². The zero-order chi connectivity index (χ0) is 16.5. The van der Waals surface area contributed by atoms with Gasteiger partial charge >= 0.3 is 0 Å². The second kappa shape index (κ2) is 5.70. The minimum absolute atomic E-state index is 0.0559. The molecule has 1 amide bonds. The van der Waals surface area contributed by atoms with Crippen LogP contribution in [0.25, 0.3) is 0 Å². The van der Waals surface area contributed by atoms with Crippen LogP contribution in [-0.2, 0) is 12.0 Å². The van der Waals surface area contributed by atoms with E-state index in [9.17, 15) is 13.6 Å². The first-order valence-electron chi connectivity index (χ1n) is 6.54. The van der Waals surface area contributed by atoms with Gasteiger partial charge in [0.25, 0.3) is 5.91 Å². The average Bonchev–Trinajstić information content (AvgIpc) is 2.86. The van der Waals surface area contributed by atoms with E-state index >= 15 is 0 Å².